The second kappa shape index (κ2) is 10.0. The van der Waals surface area contributed by atoms with Gasteiger partial charge in [-0.2, -0.15) is 10.5 Å². The molecule has 8 heteroatoms. The molecular weight excluding hydrogens is 392 g/mol. The molecule has 2 heterocycles. The van der Waals surface area contributed by atoms with Gasteiger partial charge in [0.25, 0.3) is 0 Å². The summed E-state index contributed by atoms with van der Waals surface area (Å²) in [5.74, 6) is 0.0289. The largest absolute Gasteiger partial charge is 0.322 e. The van der Waals surface area contributed by atoms with Crippen molar-refractivity contribution in [1.29, 1.82) is 10.5 Å². The average molecular weight is 423 g/mol. The lowest BCUT2D eigenvalue weighted by Gasteiger charge is -2.31. The fourth-order valence-corrected chi connectivity index (χ4v) is 4.66. The molecule has 2 saturated heterocycles. The SMILES string of the molecule is CC1[C@@H](C)C[C@@H](C#N)N1C(=O)C(N)CN1CC(NCc2cccc(C#N)c2)CC1C=O. The number of hydrogen-bond acceptors (Lipinski definition) is 7. The predicted octanol–water partition coefficient (Wildman–Crippen LogP) is 0.766. The molecule has 0 bridgehead atoms. The van der Waals surface area contributed by atoms with Gasteiger partial charge in [0.05, 0.1) is 29.8 Å². The van der Waals surface area contributed by atoms with Crippen molar-refractivity contribution in [3.63, 3.8) is 0 Å². The van der Waals surface area contributed by atoms with Gasteiger partial charge in [-0.1, -0.05) is 19.1 Å². The minimum absolute atomic E-state index is 0.0257. The molecule has 1 aromatic rings. The topological polar surface area (TPSA) is 126 Å². The van der Waals surface area contributed by atoms with Crippen molar-refractivity contribution in [3.8, 4) is 12.1 Å². The van der Waals surface area contributed by atoms with Gasteiger partial charge >= 0.3 is 0 Å². The maximum absolute atomic E-state index is 13.0. The molecule has 0 aromatic heterocycles. The maximum Gasteiger partial charge on any atom is 0.242 e. The molecule has 0 radical (unpaired) electrons. The van der Waals surface area contributed by atoms with Crippen LogP contribution in [0.5, 0.6) is 0 Å². The van der Waals surface area contributed by atoms with Crippen LogP contribution >= 0.6 is 0 Å². The summed E-state index contributed by atoms with van der Waals surface area (Å²) in [4.78, 5) is 28.2. The minimum Gasteiger partial charge on any atom is -0.322 e. The highest BCUT2D eigenvalue weighted by atomic mass is 16.2. The van der Waals surface area contributed by atoms with Gasteiger partial charge in [-0.15, -0.1) is 0 Å². The van der Waals surface area contributed by atoms with Gasteiger partial charge < -0.3 is 20.7 Å². The molecule has 6 atom stereocenters. The van der Waals surface area contributed by atoms with E-state index in [9.17, 15) is 14.9 Å². The zero-order valence-electron chi connectivity index (χ0n) is 18.1. The number of nitrogens with one attached hydrogen (secondary N) is 1. The second-order valence-corrected chi connectivity index (χ2v) is 8.73. The van der Waals surface area contributed by atoms with E-state index in [1.54, 1.807) is 11.0 Å². The first-order chi connectivity index (χ1) is 14.9. The number of nitrogens with two attached hydrogens (primary N) is 1. The van der Waals surface area contributed by atoms with Crippen LogP contribution < -0.4 is 11.1 Å². The molecule has 4 unspecified atom stereocenters. The Kier molecular flexibility index (Phi) is 7.40. The predicted molar refractivity (Wildman–Crippen MR) is 115 cm³/mol. The Morgan fingerprint density at radius 1 is 1.35 bits per heavy atom. The van der Waals surface area contributed by atoms with Crippen LogP contribution in [0.15, 0.2) is 24.3 Å². The first-order valence-electron chi connectivity index (χ1n) is 10.8. The van der Waals surface area contributed by atoms with Gasteiger partial charge in [0.15, 0.2) is 0 Å². The van der Waals surface area contributed by atoms with E-state index in [0.717, 1.165) is 11.8 Å². The lowest BCUT2D eigenvalue weighted by Crippen LogP contribution is -2.54. The summed E-state index contributed by atoms with van der Waals surface area (Å²) in [6.07, 6.45) is 2.21. The normalized spacial score (nSPS) is 29.3. The summed E-state index contributed by atoms with van der Waals surface area (Å²) >= 11 is 0. The van der Waals surface area contributed by atoms with Crippen molar-refractivity contribution < 1.29 is 9.59 Å². The summed E-state index contributed by atoms with van der Waals surface area (Å²) in [6.45, 7) is 5.48. The molecule has 1 amide bonds. The zero-order chi connectivity index (χ0) is 22.5. The number of rotatable bonds is 7. The second-order valence-electron chi connectivity index (χ2n) is 8.73. The molecule has 164 valence electrons. The molecule has 31 heavy (non-hydrogen) atoms. The number of carbonyl (C=O) groups excluding carboxylic acids is 2. The van der Waals surface area contributed by atoms with E-state index in [2.05, 4.69) is 17.5 Å². The molecule has 1 aromatic carbocycles. The van der Waals surface area contributed by atoms with Crippen LogP contribution in [0, 0.1) is 28.6 Å². The van der Waals surface area contributed by atoms with Gasteiger partial charge in [-0.3, -0.25) is 9.69 Å². The maximum atomic E-state index is 13.0. The van der Waals surface area contributed by atoms with Crippen LogP contribution in [-0.2, 0) is 16.1 Å². The van der Waals surface area contributed by atoms with Crippen LogP contribution in [0.2, 0.25) is 0 Å². The van der Waals surface area contributed by atoms with Crippen LogP contribution in [0.4, 0.5) is 0 Å². The number of amides is 1. The molecule has 8 nitrogen and oxygen atoms in total. The summed E-state index contributed by atoms with van der Waals surface area (Å²) in [6, 6.07) is 10.3. The molecule has 2 aliphatic rings. The van der Waals surface area contributed by atoms with Crippen molar-refractivity contribution in [3.05, 3.63) is 35.4 Å². The van der Waals surface area contributed by atoms with Crippen molar-refractivity contribution in [1.82, 2.24) is 15.1 Å². The lowest BCUT2D eigenvalue weighted by atomic mass is 10.0. The smallest absolute Gasteiger partial charge is 0.242 e. The number of hydrogen-bond donors (Lipinski definition) is 2. The highest BCUT2D eigenvalue weighted by Gasteiger charge is 2.42. The zero-order valence-corrected chi connectivity index (χ0v) is 18.1. The molecule has 3 N–H and O–H groups in total. The van der Waals surface area contributed by atoms with E-state index >= 15 is 0 Å². The Bertz CT molecular complexity index is 891. The average Bonchev–Trinajstić information content (AvgIpc) is 3.31. The monoisotopic (exact) mass is 422 g/mol. The van der Waals surface area contributed by atoms with Crippen LogP contribution in [0.3, 0.4) is 0 Å². The molecule has 0 aliphatic carbocycles. The summed E-state index contributed by atoms with van der Waals surface area (Å²) in [5.41, 5.74) is 7.87. The molecular formula is C23H30N6O2. The van der Waals surface area contributed by atoms with Gasteiger partial charge in [0.1, 0.15) is 12.3 Å². The number of nitrogens with zero attached hydrogens (tertiary/aromatic N) is 4. The summed E-state index contributed by atoms with van der Waals surface area (Å²) in [7, 11) is 0. The third-order valence-corrected chi connectivity index (χ3v) is 6.60. The fourth-order valence-electron chi connectivity index (χ4n) is 4.66. The van der Waals surface area contributed by atoms with E-state index in [1.165, 1.54) is 0 Å². The van der Waals surface area contributed by atoms with E-state index in [0.29, 0.717) is 31.5 Å². The lowest BCUT2D eigenvalue weighted by molar-refractivity contribution is -0.135. The first-order valence-corrected chi connectivity index (χ1v) is 10.8. The van der Waals surface area contributed by atoms with Crippen molar-refractivity contribution in [2.24, 2.45) is 11.7 Å². The number of aldehydes is 1. The van der Waals surface area contributed by atoms with Gasteiger partial charge in [0, 0.05) is 31.7 Å². The van der Waals surface area contributed by atoms with Crippen LogP contribution in [-0.4, -0.2) is 65.3 Å². The number of benzene rings is 1. The van der Waals surface area contributed by atoms with Gasteiger partial charge in [-0.25, -0.2) is 0 Å². The fraction of sp³-hybridized carbons (Fsp3) is 0.565. The molecule has 0 spiro atoms. The molecule has 3 rings (SSSR count). The van der Waals surface area contributed by atoms with Gasteiger partial charge in [-0.05, 0) is 43.4 Å². The third-order valence-electron chi connectivity index (χ3n) is 6.60. The van der Waals surface area contributed by atoms with Crippen LogP contribution in [0.25, 0.3) is 0 Å². The van der Waals surface area contributed by atoms with E-state index in [-0.39, 0.29) is 36.5 Å². The Morgan fingerprint density at radius 2 is 2.13 bits per heavy atom. The van der Waals surface area contributed by atoms with Gasteiger partial charge in [0.2, 0.25) is 5.91 Å². The highest BCUT2D eigenvalue weighted by Crippen LogP contribution is 2.30. The number of likely N-dealkylation sites (tertiary alicyclic amines) is 2. The van der Waals surface area contributed by atoms with E-state index in [4.69, 9.17) is 11.0 Å². The molecule has 0 saturated carbocycles. The quantitative estimate of drug-likeness (QED) is 0.621. The van der Waals surface area contributed by atoms with Crippen molar-refractivity contribution in [2.45, 2.75) is 63.4 Å². The summed E-state index contributed by atoms with van der Waals surface area (Å²) < 4.78 is 0. The summed E-state index contributed by atoms with van der Waals surface area (Å²) in [5, 5.41) is 21.9. The molecule has 2 fully saturated rings. The Hall–Kier alpha value is -2.78. The van der Waals surface area contributed by atoms with Crippen molar-refractivity contribution in [2.75, 3.05) is 13.1 Å². The third kappa shape index (κ3) is 5.11. The van der Waals surface area contributed by atoms with Crippen LogP contribution in [0.1, 0.15) is 37.8 Å². The van der Waals surface area contributed by atoms with E-state index in [1.807, 2.05) is 36.9 Å². The minimum atomic E-state index is -0.780. The van der Waals surface area contributed by atoms with Crippen molar-refractivity contribution >= 4 is 12.2 Å². The Labute approximate surface area is 183 Å². The number of carbonyl (C=O) groups is 2. The highest BCUT2D eigenvalue weighted by molar-refractivity contribution is 5.83. The standard InChI is InChI=1S/C23H30N6O2/c1-15-6-20(10-25)29(16(15)2)23(31)22(26)13-28-12-19(8-21(28)14-30)27-11-18-5-3-4-17(7-18)9-24/h3-5,7,14-16,19-22,27H,6,8,11-13,26H2,1-2H3/t15-,16?,19?,20-,21?,22?/m0/s1. The van der Waals surface area contributed by atoms with E-state index < -0.39 is 12.1 Å². The Morgan fingerprint density at radius 3 is 2.81 bits per heavy atom. The Balaban J connectivity index is 1.58. The number of nitriles is 2. The molecule has 2 aliphatic heterocycles. The first kappa shape index (κ1) is 22.9.